The number of fused-ring (bicyclic) bond motifs is 3. The van der Waals surface area contributed by atoms with Crippen LogP contribution in [0.2, 0.25) is 0 Å². The average molecular weight is 482 g/mol. The lowest BCUT2D eigenvalue weighted by Crippen LogP contribution is -2.47. The minimum atomic E-state index is -0.453. The molecule has 1 aliphatic rings. The molecule has 3 atom stereocenters. The second-order valence-electron chi connectivity index (χ2n) is 8.04. The van der Waals surface area contributed by atoms with Gasteiger partial charge in [-0.3, -0.25) is 4.90 Å². The number of benzene rings is 2. The van der Waals surface area contributed by atoms with E-state index in [1.807, 2.05) is 19.2 Å². The zero-order valence-corrected chi connectivity index (χ0v) is 20.6. The number of nitrogens with zero attached hydrogens (tertiary/aromatic N) is 1. The molecule has 0 saturated carbocycles. The Kier molecular flexibility index (Phi) is 9.25. The van der Waals surface area contributed by atoms with Gasteiger partial charge in [-0.05, 0) is 49.7 Å². The predicted octanol–water partition coefficient (Wildman–Crippen LogP) is 3.95. The van der Waals surface area contributed by atoms with Gasteiger partial charge in [0.2, 0.25) is 0 Å². The number of likely N-dealkylation sites (N-methyl/N-ethyl adjacent to an activating group) is 1. The predicted molar refractivity (Wildman–Crippen MR) is 134 cm³/mol. The molecule has 1 aromatic heterocycles. The number of hydrogen-bond acceptors (Lipinski definition) is 5. The first-order valence-electron chi connectivity index (χ1n) is 10.5. The van der Waals surface area contributed by atoms with Crippen LogP contribution in [0.3, 0.4) is 0 Å². The maximum absolute atomic E-state index is 10.6. The van der Waals surface area contributed by atoms with E-state index >= 15 is 0 Å². The number of rotatable bonds is 7. The highest BCUT2D eigenvalue weighted by atomic mass is 35.5. The highest BCUT2D eigenvalue weighted by molar-refractivity contribution is 5.86. The quantitative estimate of drug-likeness (QED) is 0.476. The van der Waals surface area contributed by atoms with Crippen molar-refractivity contribution in [3.8, 4) is 11.5 Å². The van der Waals surface area contributed by atoms with Crippen LogP contribution in [-0.2, 0) is 6.42 Å². The molecule has 6 nitrogen and oxygen atoms in total. The first-order chi connectivity index (χ1) is 14.6. The number of methoxy groups -OCH3 is 2. The topological polar surface area (TPSA) is 69.8 Å². The van der Waals surface area contributed by atoms with Gasteiger partial charge in [-0.1, -0.05) is 24.3 Å². The normalized spacial score (nSPS) is 18.9. The van der Waals surface area contributed by atoms with Gasteiger partial charge >= 0.3 is 0 Å². The van der Waals surface area contributed by atoms with Crippen LogP contribution in [0.5, 0.6) is 11.5 Å². The van der Waals surface area contributed by atoms with E-state index in [9.17, 15) is 5.11 Å². The van der Waals surface area contributed by atoms with E-state index < -0.39 is 6.10 Å². The molecule has 2 heterocycles. The maximum Gasteiger partial charge on any atom is 0.161 e. The van der Waals surface area contributed by atoms with Gasteiger partial charge in [0.15, 0.2) is 11.5 Å². The molecule has 0 aliphatic carbocycles. The Labute approximate surface area is 202 Å². The van der Waals surface area contributed by atoms with Gasteiger partial charge in [-0.15, -0.1) is 24.8 Å². The Morgan fingerprint density at radius 1 is 1.12 bits per heavy atom. The molecule has 0 radical (unpaired) electrons. The Morgan fingerprint density at radius 3 is 2.53 bits per heavy atom. The van der Waals surface area contributed by atoms with Gasteiger partial charge in [0, 0.05) is 35.7 Å². The van der Waals surface area contributed by atoms with Crippen LogP contribution >= 0.6 is 24.8 Å². The number of aliphatic hydroxyl groups is 1. The van der Waals surface area contributed by atoms with Gasteiger partial charge in [0.1, 0.15) is 0 Å². The van der Waals surface area contributed by atoms with Crippen LogP contribution in [0, 0.1) is 0 Å². The van der Waals surface area contributed by atoms with Crippen molar-refractivity contribution < 1.29 is 14.6 Å². The number of para-hydroxylation sites is 1. The molecular formula is C24H33Cl2N3O3. The SMILES string of the molecule is CNCC(O)CN1C(C)Cc2c([nH]c3ccccc23)C1c1ccc(OC)c(OC)c1.Cl.Cl. The minimum absolute atomic E-state index is 0. The lowest BCUT2D eigenvalue weighted by Gasteiger charge is -2.42. The Morgan fingerprint density at radius 2 is 1.84 bits per heavy atom. The van der Waals surface area contributed by atoms with Gasteiger partial charge in [-0.2, -0.15) is 0 Å². The zero-order chi connectivity index (χ0) is 21.3. The van der Waals surface area contributed by atoms with Crippen molar-refractivity contribution in [2.45, 2.75) is 31.5 Å². The van der Waals surface area contributed by atoms with Crippen LogP contribution in [0.4, 0.5) is 0 Å². The lowest BCUT2D eigenvalue weighted by molar-refractivity contribution is 0.0647. The number of aliphatic hydroxyl groups excluding tert-OH is 1. The van der Waals surface area contributed by atoms with Crippen molar-refractivity contribution in [2.24, 2.45) is 0 Å². The maximum atomic E-state index is 10.6. The molecule has 0 saturated heterocycles. The van der Waals surface area contributed by atoms with Gasteiger partial charge in [0.25, 0.3) is 0 Å². The van der Waals surface area contributed by atoms with E-state index in [2.05, 4.69) is 52.5 Å². The van der Waals surface area contributed by atoms with Gasteiger partial charge < -0.3 is 24.9 Å². The smallest absolute Gasteiger partial charge is 0.161 e. The molecule has 32 heavy (non-hydrogen) atoms. The fourth-order valence-corrected chi connectivity index (χ4v) is 4.72. The van der Waals surface area contributed by atoms with E-state index in [0.29, 0.717) is 24.6 Å². The number of ether oxygens (including phenoxy) is 2. The van der Waals surface area contributed by atoms with Gasteiger partial charge in [-0.25, -0.2) is 0 Å². The summed E-state index contributed by atoms with van der Waals surface area (Å²) >= 11 is 0. The van der Waals surface area contributed by atoms with E-state index in [1.165, 1.54) is 16.6 Å². The summed E-state index contributed by atoms with van der Waals surface area (Å²) < 4.78 is 11.0. The van der Waals surface area contributed by atoms with Crippen LogP contribution in [0.25, 0.3) is 10.9 Å². The second-order valence-corrected chi connectivity index (χ2v) is 8.04. The van der Waals surface area contributed by atoms with E-state index in [1.54, 1.807) is 14.2 Å². The Hall–Kier alpha value is -1.96. The molecule has 4 rings (SSSR count). The van der Waals surface area contributed by atoms with E-state index in [0.717, 1.165) is 17.5 Å². The molecule has 0 bridgehead atoms. The monoisotopic (exact) mass is 481 g/mol. The van der Waals surface area contributed by atoms with Crippen LogP contribution in [0.15, 0.2) is 42.5 Å². The number of aromatic amines is 1. The summed E-state index contributed by atoms with van der Waals surface area (Å²) in [5.74, 6) is 1.42. The van der Waals surface area contributed by atoms with Crippen LogP contribution in [0.1, 0.15) is 29.8 Å². The molecule has 3 aromatic rings. The molecule has 8 heteroatoms. The largest absolute Gasteiger partial charge is 0.493 e. The number of hydrogen-bond donors (Lipinski definition) is 3. The summed E-state index contributed by atoms with van der Waals surface area (Å²) in [7, 11) is 5.18. The first-order valence-corrected chi connectivity index (χ1v) is 10.5. The summed E-state index contributed by atoms with van der Waals surface area (Å²) in [6.45, 7) is 3.38. The van der Waals surface area contributed by atoms with Crippen molar-refractivity contribution in [2.75, 3.05) is 34.4 Å². The van der Waals surface area contributed by atoms with Crippen molar-refractivity contribution in [1.29, 1.82) is 0 Å². The average Bonchev–Trinajstić information content (AvgIpc) is 3.12. The number of aromatic nitrogens is 1. The number of β-amino-alcohol motifs (C(OH)–C–C–N with tert-alkyl or cyclic N) is 1. The summed E-state index contributed by atoms with van der Waals surface area (Å²) in [4.78, 5) is 6.07. The molecule has 3 unspecified atom stereocenters. The molecule has 1 aliphatic heterocycles. The highest BCUT2D eigenvalue weighted by Gasteiger charge is 2.36. The number of halogens is 2. The second kappa shape index (κ2) is 11.3. The lowest BCUT2D eigenvalue weighted by atomic mass is 9.88. The fourth-order valence-electron chi connectivity index (χ4n) is 4.72. The third kappa shape index (κ3) is 4.85. The highest BCUT2D eigenvalue weighted by Crippen LogP contribution is 2.42. The fraction of sp³-hybridized carbons (Fsp3) is 0.417. The van der Waals surface area contributed by atoms with Gasteiger partial charge in [0.05, 0.1) is 26.4 Å². The molecule has 0 fully saturated rings. The minimum Gasteiger partial charge on any atom is -0.493 e. The Balaban J connectivity index is 0.00000181. The molecule has 3 N–H and O–H groups in total. The first kappa shape index (κ1) is 26.3. The summed E-state index contributed by atoms with van der Waals surface area (Å²) in [5.41, 5.74) is 4.82. The van der Waals surface area contributed by atoms with Crippen molar-refractivity contribution in [3.63, 3.8) is 0 Å². The summed E-state index contributed by atoms with van der Waals surface area (Å²) in [6, 6.07) is 14.8. The zero-order valence-electron chi connectivity index (χ0n) is 18.9. The summed E-state index contributed by atoms with van der Waals surface area (Å²) in [6.07, 6.45) is 0.487. The van der Waals surface area contributed by atoms with Crippen molar-refractivity contribution in [1.82, 2.24) is 15.2 Å². The third-order valence-corrected chi connectivity index (χ3v) is 6.10. The molecule has 176 valence electrons. The summed E-state index contributed by atoms with van der Waals surface area (Å²) in [5, 5.41) is 15.0. The number of nitrogens with one attached hydrogen (secondary N) is 2. The molecule has 0 amide bonds. The molecule has 0 spiro atoms. The van der Waals surface area contributed by atoms with Crippen molar-refractivity contribution >= 4 is 35.7 Å². The molecule has 2 aromatic carbocycles. The van der Waals surface area contributed by atoms with E-state index in [4.69, 9.17) is 9.47 Å². The third-order valence-electron chi connectivity index (χ3n) is 6.10. The van der Waals surface area contributed by atoms with E-state index in [-0.39, 0.29) is 36.9 Å². The van der Waals surface area contributed by atoms with Crippen LogP contribution < -0.4 is 14.8 Å². The molecular weight excluding hydrogens is 449 g/mol. The van der Waals surface area contributed by atoms with Crippen molar-refractivity contribution in [3.05, 3.63) is 59.3 Å². The van der Waals surface area contributed by atoms with Crippen LogP contribution in [-0.4, -0.2) is 61.5 Å². The standard InChI is InChI=1S/C24H31N3O3.2ClH/c1-15-11-19-18-7-5-6-8-20(18)26-23(19)24(27(15)14-17(28)13-25-2)16-9-10-21(29-3)22(12-16)30-4;;/h5-10,12,15,17,24-26,28H,11,13-14H2,1-4H3;2*1H. The Bertz CT molecular complexity index is 1030. The number of H-pyrrole nitrogens is 1.